The molecule has 0 bridgehead atoms. The highest BCUT2D eigenvalue weighted by Gasteiger charge is 2.21. The van der Waals surface area contributed by atoms with E-state index in [1.165, 1.54) is 6.07 Å². The van der Waals surface area contributed by atoms with Crippen LogP contribution in [-0.2, 0) is 4.74 Å². The molecule has 0 aliphatic rings. The van der Waals surface area contributed by atoms with Crippen molar-refractivity contribution in [2.45, 2.75) is 6.92 Å². The first-order chi connectivity index (χ1) is 12.6. The van der Waals surface area contributed by atoms with Gasteiger partial charge in [0.05, 0.1) is 25.0 Å². The molecule has 0 atom stereocenters. The maximum Gasteiger partial charge on any atom is 0.340 e. The van der Waals surface area contributed by atoms with E-state index in [1.807, 2.05) is 30.3 Å². The Morgan fingerprint density at radius 2 is 1.69 bits per heavy atom. The van der Waals surface area contributed by atoms with Gasteiger partial charge >= 0.3 is 5.97 Å². The summed E-state index contributed by atoms with van der Waals surface area (Å²) in [6.07, 6.45) is 0. The second kappa shape index (κ2) is 7.70. The topological polar surface area (TPSA) is 68.4 Å². The minimum absolute atomic E-state index is 0.244. The van der Waals surface area contributed by atoms with Crippen LogP contribution in [0.5, 0.6) is 5.75 Å². The number of aromatic amines is 1. The zero-order valence-electron chi connectivity index (χ0n) is 14.6. The van der Waals surface area contributed by atoms with E-state index in [1.54, 1.807) is 38.3 Å². The average molecular weight is 349 g/mol. The van der Waals surface area contributed by atoms with Crippen LogP contribution in [0, 0.1) is 0 Å². The van der Waals surface area contributed by atoms with E-state index in [0.717, 1.165) is 5.56 Å². The van der Waals surface area contributed by atoms with Crippen LogP contribution in [-0.4, -0.2) is 24.7 Å². The molecule has 132 valence electrons. The van der Waals surface area contributed by atoms with Gasteiger partial charge in [0.15, 0.2) is 0 Å². The fourth-order valence-electron chi connectivity index (χ4n) is 2.79. The van der Waals surface area contributed by atoms with Gasteiger partial charge in [0.2, 0.25) is 5.56 Å². The third-order valence-corrected chi connectivity index (χ3v) is 3.99. The van der Waals surface area contributed by atoms with E-state index in [-0.39, 0.29) is 12.2 Å². The molecule has 1 heterocycles. The molecule has 3 rings (SSSR count). The highest BCUT2D eigenvalue weighted by Crippen LogP contribution is 2.31. The van der Waals surface area contributed by atoms with Crippen LogP contribution in [0.2, 0.25) is 0 Å². The van der Waals surface area contributed by atoms with Crippen molar-refractivity contribution in [2.24, 2.45) is 0 Å². The van der Waals surface area contributed by atoms with Crippen LogP contribution in [0.25, 0.3) is 22.4 Å². The Kier molecular flexibility index (Phi) is 5.17. The number of pyridine rings is 1. The quantitative estimate of drug-likeness (QED) is 0.710. The number of aromatic nitrogens is 1. The summed E-state index contributed by atoms with van der Waals surface area (Å²) >= 11 is 0. The number of rotatable bonds is 5. The normalized spacial score (nSPS) is 10.4. The van der Waals surface area contributed by atoms with Gasteiger partial charge in [-0.25, -0.2) is 4.79 Å². The minimum atomic E-state index is -0.478. The lowest BCUT2D eigenvalue weighted by atomic mass is 9.96. The minimum Gasteiger partial charge on any atom is -0.497 e. The fourth-order valence-corrected chi connectivity index (χ4v) is 2.79. The second-order valence-corrected chi connectivity index (χ2v) is 5.61. The zero-order valence-corrected chi connectivity index (χ0v) is 14.6. The maximum atomic E-state index is 12.7. The van der Waals surface area contributed by atoms with E-state index >= 15 is 0 Å². The molecule has 0 radical (unpaired) electrons. The lowest BCUT2D eigenvalue weighted by molar-refractivity contribution is 0.0528. The summed E-state index contributed by atoms with van der Waals surface area (Å²) in [6.45, 7) is 1.99. The summed E-state index contributed by atoms with van der Waals surface area (Å²) in [7, 11) is 1.58. The van der Waals surface area contributed by atoms with Crippen LogP contribution >= 0.6 is 0 Å². The molecular formula is C21H19NO4. The van der Waals surface area contributed by atoms with Crippen LogP contribution < -0.4 is 10.3 Å². The summed E-state index contributed by atoms with van der Waals surface area (Å²) in [5.41, 5.74) is 2.49. The summed E-state index contributed by atoms with van der Waals surface area (Å²) in [5, 5.41) is 0. The van der Waals surface area contributed by atoms with Crippen molar-refractivity contribution in [2.75, 3.05) is 13.7 Å². The predicted molar refractivity (Wildman–Crippen MR) is 100 cm³/mol. The van der Waals surface area contributed by atoms with Gasteiger partial charge in [-0.1, -0.05) is 30.3 Å². The fraction of sp³-hybridized carbons (Fsp3) is 0.143. The molecule has 1 N–H and O–H groups in total. The van der Waals surface area contributed by atoms with E-state index < -0.39 is 5.97 Å². The molecule has 3 aromatic rings. The molecule has 0 saturated carbocycles. The van der Waals surface area contributed by atoms with E-state index in [4.69, 9.17) is 9.47 Å². The molecule has 5 heteroatoms. The van der Waals surface area contributed by atoms with Gasteiger partial charge in [0.1, 0.15) is 5.75 Å². The molecule has 0 aliphatic heterocycles. The number of carbonyl (C=O) groups excluding carboxylic acids is 1. The Hall–Kier alpha value is -3.34. The Morgan fingerprint density at radius 1 is 1.00 bits per heavy atom. The Bertz CT molecular complexity index is 960. The highest BCUT2D eigenvalue weighted by molar-refractivity contribution is 6.03. The summed E-state index contributed by atoms with van der Waals surface area (Å²) in [6, 6.07) is 17.9. The lowest BCUT2D eigenvalue weighted by Gasteiger charge is -2.14. The molecule has 0 amide bonds. The second-order valence-electron chi connectivity index (χ2n) is 5.61. The van der Waals surface area contributed by atoms with Gasteiger partial charge in [-0.3, -0.25) is 4.79 Å². The van der Waals surface area contributed by atoms with Crippen LogP contribution in [0.3, 0.4) is 0 Å². The number of H-pyrrole nitrogens is 1. The first-order valence-electron chi connectivity index (χ1n) is 8.28. The smallest absolute Gasteiger partial charge is 0.340 e. The van der Waals surface area contributed by atoms with Crippen LogP contribution in [0.4, 0.5) is 0 Å². The maximum absolute atomic E-state index is 12.7. The van der Waals surface area contributed by atoms with Crippen LogP contribution in [0.15, 0.2) is 65.5 Å². The highest BCUT2D eigenvalue weighted by atomic mass is 16.5. The Balaban J connectivity index is 2.27. The summed E-state index contributed by atoms with van der Waals surface area (Å²) in [5.74, 6) is 0.210. The average Bonchev–Trinajstić information content (AvgIpc) is 2.68. The van der Waals surface area contributed by atoms with Crippen LogP contribution in [0.1, 0.15) is 17.3 Å². The van der Waals surface area contributed by atoms with Gasteiger partial charge in [-0.15, -0.1) is 0 Å². The third-order valence-electron chi connectivity index (χ3n) is 3.99. The molecular weight excluding hydrogens is 330 g/mol. The van der Waals surface area contributed by atoms with Gasteiger partial charge in [-0.2, -0.15) is 0 Å². The SMILES string of the molecule is CCOC(=O)c1c(-c2ccccc2)cc(=O)[nH]c1-c1ccc(OC)cc1. The van der Waals surface area contributed by atoms with Crippen molar-refractivity contribution in [1.82, 2.24) is 4.98 Å². The van der Waals surface area contributed by atoms with E-state index in [9.17, 15) is 9.59 Å². The number of benzene rings is 2. The molecule has 26 heavy (non-hydrogen) atoms. The first kappa shape index (κ1) is 17.5. The Labute approximate surface area is 151 Å². The number of hydrogen-bond donors (Lipinski definition) is 1. The number of nitrogens with one attached hydrogen (secondary N) is 1. The molecule has 2 aromatic carbocycles. The summed E-state index contributed by atoms with van der Waals surface area (Å²) in [4.78, 5) is 27.8. The van der Waals surface area contributed by atoms with Crippen molar-refractivity contribution >= 4 is 5.97 Å². The standard InChI is InChI=1S/C21H19NO4/c1-3-26-21(24)19-17(14-7-5-4-6-8-14)13-18(23)22-20(19)15-9-11-16(25-2)12-10-15/h4-13H,3H2,1-2H3,(H,22,23). The predicted octanol–water partition coefficient (Wildman–Crippen LogP) is 3.89. The van der Waals surface area contributed by atoms with Crippen molar-refractivity contribution in [3.05, 3.63) is 76.6 Å². The number of ether oxygens (including phenoxy) is 2. The monoisotopic (exact) mass is 349 g/mol. The molecule has 0 unspecified atom stereocenters. The molecule has 0 saturated heterocycles. The van der Waals surface area contributed by atoms with Crippen molar-refractivity contribution < 1.29 is 14.3 Å². The number of hydrogen-bond acceptors (Lipinski definition) is 4. The summed E-state index contributed by atoms with van der Waals surface area (Å²) < 4.78 is 10.4. The Morgan fingerprint density at radius 3 is 2.31 bits per heavy atom. The van der Waals surface area contributed by atoms with Crippen molar-refractivity contribution in [1.29, 1.82) is 0 Å². The van der Waals surface area contributed by atoms with Gasteiger partial charge in [0, 0.05) is 11.6 Å². The lowest BCUT2D eigenvalue weighted by Crippen LogP contribution is -2.15. The molecule has 0 spiro atoms. The van der Waals surface area contributed by atoms with E-state index in [0.29, 0.717) is 28.1 Å². The van der Waals surface area contributed by atoms with Gasteiger partial charge in [0.25, 0.3) is 0 Å². The van der Waals surface area contributed by atoms with Crippen molar-refractivity contribution in [3.63, 3.8) is 0 Å². The number of methoxy groups -OCH3 is 1. The van der Waals surface area contributed by atoms with Crippen molar-refractivity contribution in [3.8, 4) is 28.1 Å². The van der Waals surface area contributed by atoms with Gasteiger partial charge < -0.3 is 14.5 Å². The number of carbonyl (C=O) groups is 1. The molecule has 1 aromatic heterocycles. The molecule has 5 nitrogen and oxygen atoms in total. The number of esters is 1. The molecule has 0 fully saturated rings. The van der Waals surface area contributed by atoms with Gasteiger partial charge in [-0.05, 0) is 42.3 Å². The molecule has 0 aliphatic carbocycles. The zero-order chi connectivity index (χ0) is 18.5. The van der Waals surface area contributed by atoms with E-state index in [2.05, 4.69) is 4.98 Å². The largest absolute Gasteiger partial charge is 0.497 e. The third kappa shape index (κ3) is 3.52. The first-order valence-corrected chi connectivity index (χ1v) is 8.28.